The zero-order valence-corrected chi connectivity index (χ0v) is 10.0. The van der Waals surface area contributed by atoms with Gasteiger partial charge in [-0.3, -0.25) is 4.98 Å². The summed E-state index contributed by atoms with van der Waals surface area (Å²) in [6, 6.07) is 12.0. The molecule has 0 saturated carbocycles. The van der Waals surface area contributed by atoms with E-state index in [1.54, 1.807) is 12.4 Å². The Morgan fingerprint density at radius 2 is 1.94 bits per heavy atom. The predicted octanol–water partition coefficient (Wildman–Crippen LogP) is 3.06. The minimum Gasteiger partial charge on any atom is -0.388 e. The molecule has 2 aromatic rings. The molecule has 0 aliphatic rings. The van der Waals surface area contributed by atoms with E-state index < -0.39 is 0 Å². The highest BCUT2D eigenvalue weighted by Crippen LogP contribution is 2.19. The Morgan fingerprint density at radius 3 is 2.65 bits per heavy atom. The van der Waals surface area contributed by atoms with Gasteiger partial charge in [0, 0.05) is 12.4 Å². The van der Waals surface area contributed by atoms with Crippen molar-refractivity contribution in [2.24, 2.45) is 0 Å². The van der Waals surface area contributed by atoms with E-state index in [1.807, 2.05) is 43.3 Å². The Bertz CT molecular complexity index is 467. The maximum absolute atomic E-state index is 10.1. The quantitative estimate of drug-likeness (QED) is 0.870. The zero-order valence-electron chi connectivity index (χ0n) is 10.0. The van der Waals surface area contributed by atoms with Gasteiger partial charge >= 0.3 is 0 Å². The van der Waals surface area contributed by atoms with Crippen LogP contribution in [0, 0.1) is 6.92 Å². The lowest BCUT2D eigenvalue weighted by molar-refractivity contribution is 0.168. The van der Waals surface area contributed by atoms with Crippen LogP contribution in [-0.4, -0.2) is 10.1 Å². The standard InChI is InChI=1S/C15H17NO/c1-12-3-2-4-14(11-12)15(17)6-5-13-7-9-16-10-8-13/h2-4,7-11,15,17H,5-6H2,1H3. The molecule has 0 aliphatic heterocycles. The van der Waals surface area contributed by atoms with Crippen molar-refractivity contribution in [2.75, 3.05) is 0 Å². The van der Waals surface area contributed by atoms with Crippen LogP contribution in [-0.2, 0) is 6.42 Å². The normalized spacial score (nSPS) is 12.4. The average Bonchev–Trinajstić information content (AvgIpc) is 2.37. The second-order valence-electron chi connectivity index (χ2n) is 4.32. The minimum atomic E-state index is -0.386. The lowest BCUT2D eigenvalue weighted by atomic mass is 10.0. The third-order valence-electron chi connectivity index (χ3n) is 2.88. The summed E-state index contributed by atoms with van der Waals surface area (Å²) in [6.07, 6.45) is 4.80. The van der Waals surface area contributed by atoms with Gasteiger partial charge in [0.25, 0.3) is 0 Å². The summed E-state index contributed by atoms with van der Waals surface area (Å²) < 4.78 is 0. The molecule has 1 atom stereocenters. The molecule has 1 heterocycles. The Kier molecular flexibility index (Phi) is 3.89. The van der Waals surface area contributed by atoms with E-state index in [9.17, 15) is 5.11 Å². The van der Waals surface area contributed by atoms with Gasteiger partial charge in [0.2, 0.25) is 0 Å². The molecule has 0 saturated heterocycles. The van der Waals surface area contributed by atoms with Crippen LogP contribution in [0.1, 0.15) is 29.2 Å². The van der Waals surface area contributed by atoms with Gasteiger partial charge in [-0.1, -0.05) is 29.8 Å². The molecule has 88 valence electrons. The second-order valence-corrected chi connectivity index (χ2v) is 4.32. The van der Waals surface area contributed by atoms with E-state index in [4.69, 9.17) is 0 Å². The number of aryl methyl sites for hydroxylation is 2. The third kappa shape index (κ3) is 3.40. The number of hydrogen-bond acceptors (Lipinski definition) is 2. The first kappa shape index (κ1) is 11.8. The Hall–Kier alpha value is -1.67. The fraction of sp³-hybridized carbons (Fsp3) is 0.267. The van der Waals surface area contributed by atoms with Crippen LogP contribution in [0.4, 0.5) is 0 Å². The van der Waals surface area contributed by atoms with Crippen LogP contribution in [0.25, 0.3) is 0 Å². The number of hydrogen-bond donors (Lipinski definition) is 1. The molecule has 2 nitrogen and oxygen atoms in total. The van der Waals surface area contributed by atoms with Gasteiger partial charge in [-0.15, -0.1) is 0 Å². The minimum absolute atomic E-state index is 0.386. The monoisotopic (exact) mass is 227 g/mol. The zero-order chi connectivity index (χ0) is 12.1. The maximum Gasteiger partial charge on any atom is 0.0793 e. The SMILES string of the molecule is Cc1cccc(C(O)CCc2ccncc2)c1. The van der Waals surface area contributed by atoms with Crippen molar-refractivity contribution in [1.82, 2.24) is 4.98 Å². The van der Waals surface area contributed by atoms with Crippen molar-refractivity contribution in [1.29, 1.82) is 0 Å². The van der Waals surface area contributed by atoms with Gasteiger partial charge in [0.05, 0.1) is 6.10 Å². The Morgan fingerprint density at radius 1 is 1.18 bits per heavy atom. The van der Waals surface area contributed by atoms with Gasteiger partial charge in [-0.05, 0) is 43.0 Å². The van der Waals surface area contributed by atoms with E-state index >= 15 is 0 Å². The van der Waals surface area contributed by atoms with Crippen molar-refractivity contribution in [3.8, 4) is 0 Å². The number of aromatic nitrogens is 1. The lowest BCUT2D eigenvalue weighted by Crippen LogP contribution is -2.00. The first-order valence-corrected chi connectivity index (χ1v) is 5.89. The molecule has 0 amide bonds. The summed E-state index contributed by atoms with van der Waals surface area (Å²) in [4.78, 5) is 3.98. The molecule has 17 heavy (non-hydrogen) atoms. The van der Waals surface area contributed by atoms with Gasteiger partial charge in [-0.25, -0.2) is 0 Å². The molecule has 1 unspecified atom stereocenters. The molecule has 0 spiro atoms. The van der Waals surface area contributed by atoms with Crippen molar-refractivity contribution in [3.05, 3.63) is 65.5 Å². The molecule has 0 bridgehead atoms. The summed E-state index contributed by atoms with van der Waals surface area (Å²) in [5.41, 5.74) is 3.40. The van der Waals surface area contributed by atoms with E-state index in [0.717, 1.165) is 18.4 Å². The van der Waals surface area contributed by atoms with Crippen LogP contribution < -0.4 is 0 Å². The van der Waals surface area contributed by atoms with Gasteiger partial charge < -0.3 is 5.11 Å². The predicted molar refractivity (Wildman–Crippen MR) is 68.7 cm³/mol. The summed E-state index contributed by atoms with van der Waals surface area (Å²) >= 11 is 0. The first-order chi connectivity index (χ1) is 8.25. The molecule has 1 aromatic carbocycles. The fourth-order valence-electron chi connectivity index (χ4n) is 1.90. The van der Waals surface area contributed by atoms with Gasteiger partial charge in [-0.2, -0.15) is 0 Å². The molecule has 2 rings (SSSR count). The number of nitrogens with zero attached hydrogens (tertiary/aromatic N) is 1. The number of benzene rings is 1. The molecular weight excluding hydrogens is 210 g/mol. The van der Waals surface area contributed by atoms with E-state index in [-0.39, 0.29) is 6.10 Å². The van der Waals surface area contributed by atoms with Crippen molar-refractivity contribution in [3.63, 3.8) is 0 Å². The Balaban J connectivity index is 1.96. The molecule has 0 fully saturated rings. The maximum atomic E-state index is 10.1. The molecule has 2 heteroatoms. The highest BCUT2D eigenvalue weighted by atomic mass is 16.3. The molecule has 0 aliphatic carbocycles. The summed E-state index contributed by atoms with van der Waals surface area (Å²) in [7, 11) is 0. The summed E-state index contributed by atoms with van der Waals surface area (Å²) in [6.45, 7) is 2.04. The second kappa shape index (κ2) is 5.60. The van der Waals surface area contributed by atoms with Crippen molar-refractivity contribution < 1.29 is 5.11 Å². The smallest absolute Gasteiger partial charge is 0.0793 e. The number of aliphatic hydroxyl groups is 1. The third-order valence-corrected chi connectivity index (χ3v) is 2.88. The van der Waals surface area contributed by atoms with Crippen LogP contribution in [0.3, 0.4) is 0 Å². The van der Waals surface area contributed by atoms with Gasteiger partial charge in [0.1, 0.15) is 0 Å². The average molecular weight is 227 g/mol. The largest absolute Gasteiger partial charge is 0.388 e. The molecule has 0 radical (unpaired) electrons. The Labute approximate surface area is 102 Å². The fourth-order valence-corrected chi connectivity index (χ4v) is 1.90. The van der Waals surface area contributed by atoms with Crippen LogP contribution in [0.2, 0.25) is 0 Å². The molecule has 1 N–H and O–H groups in total. The number of pyridine rings is 1. The first-order valence-electron chi connectivity index (χ1n) is 5.89. The van der Waals surface area contributed by atoms with Crippen LogP contribution >= 0.6 is 0 Å². The number of rotatable bonds is 4. The van der Waals surface area contributed by atoms with Crippen molar-refractivity contribution in [2.45, 2.75) is 25.9 Å². The summed E-state index contributed by atoms with van der Waals surface area (Å²) in [5.74, 6) is 0. The van der Waals surface area contributed by atoms with Crippen molar-refractivity contribution >= 4 is 0 Å². The topological polar surface area (TPSA) is 33.1 Å². The molecule has 1 aromatic heterocycles. The van der Waals surface area contributed by atoms with Gasteiger partial charge in [0.15, 0.2) is 0 Å². The number of aliphatic hydroxyl groups excluding tert-OH is 1. The molecular formula is C15H17NO. The lowest BCUT2D eigenvalue weighted by Gasteiger charge is -2.11. The van der Waals surface area contributed by atoms with Crippen LogP contribution in [0.5, 0.6) is 0 Å². The highest BCUT2D eigenvalue weighted by molar-refractivity contribution is 5.24. The van der Waals surface area contributed by atoms with Crippen LogP contribution in [0.15, 0.2) is 48.8 Å². The summed E-state index contributed by atoms with van der Waals surface area (Å²) in [5, 5.41) is 10.1. The van der Waals surface area contributed by atoms with E-state index in [0.29, 0.717) is 0 Å². The van der Waals surface area contributed by atoms with E-state index in [1.165, 1.54) is 11.1 Å². The highest BCUT2D eigenvalue weighted by Gasteiger charge is 2.07. The van der Waals surface area contributed by atoms with E-state index in [2.05, 4.69) is 4.98 Å².